The van der Waals surface area contributed by atoms with Crippen LogP contribution in [0.5, 0.6) is 0 Å². The highest BCUT2D eigenvalue weighted by Crippen LogP contribution is 2.23. The monoisotopic (exact) mass is 286 g/mol. The number of fused-ring (bicyclic) bond motifs is 3. The Morgan fingerprint density at radius 3 is 2.95 bits per heavy atom. The molecule has 2 heterocycles. The van der Waals surface area contributed by atoms with Crippen LogP contribution < -0.4 is 0 Å². The Bertz CT molecular complexity index is 802. The van der Waals surface area contributed by atoms with Gasteiger partial charge in [-0.1, -0.05) is 25.1 Å². The maximum Gasteiger partial charge on any atom is 0.178 e. The maximum absolute atomic E-state index is 5.47. The molecule has 1 N–H and O–H groups in total. The molecule has 0 saturated carbocycles. The minimum Gasteiger partial charge on any atom is -0.329 e. The fourth-order valence-electron chi connectivity index (χ4n) is 2.44. The van der Waals surface area contributed by atoms with Crippen molar-refractivity contribution in [2.45, 2.75) is 13.5 Å². The van der Waals surface area contributed by atoms with E-state index in [1.54, 1.807) is 0 Å². The van der Waals surface area contributed by atoms with Gasteiger partial charge in [-0.15, -0.1) is 0 Å². The lowest BCUT2D eigenvalue weighted by atomic mass is 10.2. The third-order valence-electron chi connectivity index (χ3n) is 3.75. The van der Waals surface area contributed by atoms with E-state index in [0.717, 1.165) is 46.3 Å². The number of rotatable bonds is 4. The van der Waals surface area contributed by atoms with Crippen molar-refractivity contribution in [3.8, 4) is 0 Å². The highest BCUT2D eigenvalue weighted by atomic mass is 32.1. The zero-order valence-electron chi connectivity index (χ0n) is 11.8. The Kier molecular flexibility index (Phi) is 3.54. The largest absolute Gasteiger partial charge is 0.329 e. The van der Waals surface area contributed by atoms with Crippen molar-refractivity contribution in [1.29, 1.82) is 0 Å². The SMILES string of the molecule is CCN(C)CCn1c(=S)[nH]c2cnc3ccccc3c21. The van der Waals surface area contributed by atoms with E-state index in [1.165, 1.54) is 0 Å². The molecule has 0 aliphatic heterocycles. The molecule has 0 radical (unpaired) electrons. The molecule has 0 atom stereocenters. The van der Waals surface area contributed by atoms with E-state index in [2.05, 4.69) is 39.5 Å². The Morgan fingerprint density at radius 1 is 1.35 bits per heavy atom. The predicted molar refractivity (Wildman–Crippen MR) is 85.6 cm³/mol. The Labute approximate surface area is 123 Å². The second kappa shape index (κ2) is 5.34. The molecule has 3 aromatic rings. The lowest BCUT2D eigenvalue weighted by molar-refractivity contribution is 0.336. The summed E-state index contributed by atoms with van der Waals surface area (Å²) in [4.78, 5) is 10.0. The Hall–Kier alpha value is -1.72. The number of H-pyrrole nitrogens is 1. The number of nitrogens with one attached hydrogen (secondary N) is 1. The van der Waals surface area contributed by atoms with Gasteiger partial charge in [-0.25, -0.2) is 0 Å². The molecule has 2 aromatic heterocycles. The molecular formula is C15H18N4S. The number of likely N-dealkylation sites (N-methyl/N-ethyl adjacent to an activating group) is 1. The van der Waals surface area contributed by atoms with Gasteiger partial charge in [0.25, 0.3) is 0 Å². The van der Waals surface area contributed by atoms with Crippen molar-refractivity contribution >= 4 is 34.2 Å². The van der Waals surface area contributed by atoms with Crippen molar-refractivity contribution in [2.24, 2.45) is 0 Å². The Morgan fingerprint density at radius 2 is 2.15 bits per heavy atom. The summed E-state index contributed by atoms with van der Waals surface area (Å²) in [6.07, 6.45) is 1.87. The van der Waals surface area contributed by atoms with Crippen LogP contribution >= 0.6 is 12.2 Å². The molecule has 0 unspecified atom stereocenters. The number of aromatic amines is 1. The number of aromatic nitrogens is 3. The van der Waals surface area contributed by atoms with Gasteiger partial charge >= 0.3 is 0 Å². The van der Waals surface area contributed by atoms with Crippen LogP contribution in [0.25, 0.3) is 21.9 Å². The van der Waals surface area contributed by atoms with Crippen LogP contribution in [0, 0.1) is 4.77 Å². The minimum absolute atomic E-state index is 0.766. The number of nitrogens with zero attached hydrogens (tertiary/aromatic N) is 3. The smallest absolute Gasteiger partial charge is 0.178 e. The summed E-state index contributed by atoms with van der Waals surface area (Å²) in [5, 5.41) is 1.15. The van der Waals surface area contributed by atoms with Crippen molar-refractivity contribution in [3.63, 3.8) is 0 Å². The molecule has 0 saturated heterocycles. The van der Waals surface area contributed by atoms with E-state index in [1.807, 2.05) is 24.4 Å². The maximum atomic E-state index is 5.47. The van der Waals surface area contributed by atoms with E-state index >= 15 is 0 Å². The van der Waals surface area contributed by atoms with E-state index in [9.17, 15) is 0 Å². The summed E-state index contributed by atoms with van der Waals surface area (Å²) in [5.74, 6) is 0. The highest BCUT2D eigenvalue weighted by molar-refractivity contribution is 7.71. The number of pyridine rings is 1. The van der Waals surface area contributed by atoms with Crippen LogP contribution in [-0.2, 0) is 6.54 Å². The van der Waals surface area contributed by atoms with Gasteiger partial charge in [0.15, 0.2) is 4.77 Å². The van der Waals surface area contributed by atoms with Gasteiger partial charge in [0.1, 0.15) is 0 Å². The molecule has 20 heavy (non-hydrogen) atoms. The van der Waals surface area contributed by atoms with Crippen molar-refractivity contribution in [1.82, 2.24) is 19.4 Å². The second-order valence-corrected chi connectivity index (χ2v) is 5.40. The quantitative estimate of drug-likeness (QED) is 0.748. The molecule has 4 nitrogen and oxygen atoms in total. The summed E-state index contributed by atoms with van der Waals surface area (Å²) in [5.41, 5.74) is 3.17. The van der Waals surface area contributed by atoms with Gasteiger partial charge in [-0.2, -0.15) is 0 Å². The van der Waals surface area contributed by atoms with E-state index in [-0.39, 0.29) is 0 Å². The summed E-state index contributed by atoms with van der Waals surface area (Å²) in [6.45, 7) is 5.07. The average Bonchev–Trinajstić information content (AvgIpc) is 2.80. The second-order valence-electron chi connectivity index (χ2n) is 5.02. The summed E-state index contributed by atoms with van der Waals surface area (Å²) in [6, 6.07) is 8.19. The highest BCUT2D eigenvalue weighted by Gasteiger charge is 2.09. The fraction of sp³-hybridized carbons (Fsp3) is 0.333. The van der Waals surface area contributed by atoms with Gasteiger partial charge in [0.2, 0.25) is 0 Å². The minimum atomic E-state index is 0.766. The predicted octanol–water partition coefficient (Wildman–Crippen LogP) is 3.20. The molecular weight excluding hydrogens is 268 g/mol. The van der Waals surface area contributed by atoms with E-state index in [0.29, 0.717) is 0 Å². The summed E-state index contributed by atoms with van der Waals surface area (Å²) in [7, 11) is 2.12. The van der Waals surface area contributed by atoms with Crippen LogP contribution in [0.2, 0.25) is 0 Å². The topological polar surface area (TPSA) is 36.9 Å². The lowest BCUT2D eigenvalue weighted by Gasteiger charge is -2.14. The standard InChI is InChI=1S/C15H18N4S/c1-3-18(2)8-9-19-14-11-6-4-5-7-12(11)16-10-13(14)17-15(19)20/h4-7,10H,3,8-9H2,1-2H3,(H,17,20). The number of benzene rings is 1. The molecule has 0 aliphatic carbocycles. The number of para-hydroxylation sites is 1. The van der Waals surface area contributed by atoms with E-state index in [4.69, 9.17) is 12.2 Å². The number of hydrogen-bond donors (Lipinski definition) is 1. The van der Waals surface area contributed by atoms with Gasteiger partial charge in [0.05, 0.1) is 22.7 Å². The zero-order chi connectivity index (χ0) is 14.1. The van der Waals surface area contributed by atoms with Crippen molar-refractivity contribution in [2.75, 3.05) is 20.1 Å². The molecule has 3 rings (SSSR count). The van der Waals surface area contributed by atoms with Crippen LogP contribution in [0.15, 0.2) is 30.5 Å². The first-order valence-electron chi connectivity index (χ1n) is 6.85. The van der Waals surface area contributed by atoms with Gasteiger partial charge < -0.3 is 14.5 Å². The first-order chi connectivity index (χ1) is 9.70. The van der Waals surface area contributed by atoms with Crippen LogP contribution in [-0.4, -0.2) is 39.6 Å². The van der Waals surface area contributed by atoms with Crippen LogP contribution in [0.1, 0.15) is 6.92 Å². The molecule has 0 fully saturated rings. The molecule has 0 aliphatic rings. The zero-order valence-corrected chi connectivity index (χ0v) is 12.6. The molecule has 104 valence electrons. The van der Waals surface area contributed by atoms with Crippen LogP contribution in [0.4, 0.5) is 0 Å². The third kappa shape index (κ3) is 2.23. The summed E-state index contributed by atoms with van der Waals surface area (Å²) >= 11 is 5.47. The first-order valence-corrected chi connectivity index (χ1v) is 7.26. The van der Waals surface area contributed by atoms with Crippen molar-refractivity contribution < 1.29 is 0 Å². The fourth-order valence-corrected chi connectivity index (χ4v) is 2.73. The molecule has 0 spiro atoms. The van der Waals surface area contributed by atoms with Gasteiger partial charge in [0, 0.05) is 18.5 Å². The third-order valence-corrected chi connectivity index (χ3v) is 4.07. The number of imidazole rings is 1. The van der Waals surface area contributed by atoms with Gasteiger partial charge in [-0.05, 0) is 31.9 Å². The lowest BCUT2D eigenvalue weighted by Crippen LogP contribution is -2.22. The first kappa shape index (κ1) is 13.3. The van der Waals surface area contributed by atoms with Crippen molar-refractivity contribution in [3.05, 3.63) is 35.2 Å². The number of hydrogen-bond acceptors (Lipinski definition) is 3. The van der Waals surface area contributed by atoms with Crippen LogP contribution in [0.3, 0.4) is 0 Å². The molecule has 5 heteroatoms. The molecule has 0 amide bonds. The average molecular weight is 286 g/mol. The van der Waals surface area contributed by atoms with Gasteiger partial charge in [-0.3, -0.25) is 4.98 Å². The summed E-state index contributed by atoms with van der Waals surface area (Å²) < 4.78 is 2.95. The normalized spacial score (nSPS) is 11.8. The van der Waals surface area contributed by atoms with E-state index < -0.39 is 0 Å². The molecule has 0 bridgehead atoms. The molecule has 1 aromatic carbocycles. The Balaban J connectivity index is 2.17.